The molecule has 2 heterocycles. The standard InChI is InChI=1S/C16H14N2O4/c1-3-21-16(20)11-7-10-13(19)9-6-8(2)4-5-12(9)22-15(10)18-14(11)17/h4-7H,3H2,1-2H3,(H2,17,18). The fourth-order valence-corrected chi connectivity index (χ4v) is 2.28. The van der Waals surface area contributed by atoms with Crippen molar-refractivity contribution in [3.63, 3.8) is 0 Å². The van der Waals surface area contributed by atoms with Gasteiger partial charge in [-0.05, 0) is 32.0 Å². The van der Waals surface area contributed by atoms with Crippen LogP contribution < -0.4 is 11.2 Å². The molecule has 0 unspecified atom stereocenters. The number of hydrogen-bond donors (Lipinski definition) is 1. The molecule has 2 aromatic heterocycles. The molecule has 0 fully saturated rings. The van der Waals surface area contributed by atoms with Crippen molar-refractivity contribution in [3.05, 3.63) is 45.6 Å². The van der Waals surface area contributed by atoms with Gasteiger partial charge in [0.15, 0.2) is 0 Å². The molecule has 3 aromatic rings. The van der Waals surface area contributed by atoms with E-state index in [1.807, 2.05) is 13.0 Å². The van der Waals surface area contributed by atoms with Crippen molar-refractivity contribution in [3.8, 4) is 0 Å². The summed E-state index contributed by atoms with van der Waals surface area (Å²) < 4.78 is 10.5. The van der Waals surface area contributed by atoms with Crippen LogP contribution in [0.3, 0.4) is 0 Å². The number of benzene rings is 1. The Labute approximate surface area is 125 Å². The Morgan fingerprint density at radius 1 is 1.32 bits per heavy atom. The number of rotatable bonds is 2. The number of carbonyl (C=O) groups is 1. The second kappa shape index (κ2) is 5.14. The van der Waals surface area contributed by atoms with E-state index in [9.17, 15) is 9.59 Å². The lowest BCUT2D eigenvalue weighted by Gasteiger charge is -2.07. The molecule has 112 valence electrons. The molecule has 0 radical (unpaired) electrons. The van der Waals surface area contributed by atoms with Crippen LogP contribution in [-0.4, -0.2) is 17.6 Å². The lowest BCUT2D eigenvalue weighted by Crippen LogP contribution is -2.12. The highest BCUT2D eigenvalue weighted by atomic mass is 16.5. The number of ether oxygens (including phenoxy) is 1. The van der Waals surface area contributed by atoms with E-state index >= 15 is 0 Å². The number of pyridine rings is 1. The lowest BCUT2D eigenvalue weighted by atomic mass is 10.1. The van der Waals surface area contributed by atoms with Crippen molar-refractivity contribution in [2.24, 2.45) is 0 Å². The van der Waals surface area contributed by atoms with Gasteiger partial charge in [0.25, 0.3) is 0 Å². The van der Waals surface area contributed by atoms with E-state index in [-0.39, 0.29) is 34.5 Å². The minimum absolute atomic E-state index is 0.0273. The number of carbonyl (C=O) groups excluding carboxylic acids is 1. The Balaban J connectivity index is 2.35. The quantitative estimate of drug-likeness (QED) is 0.576. The molecular formula is C16H14N2O4. The lowest BCUT2D eigenvalue weighted by molar-refractivity contribution is 0.0527. The summed E-state index contributed by atoms with van der Waals surface area (Å²) >= 11 is 0. The first-order valence-electron chi connectivity index (χ1n) is 6.82. The van der Waals surface area contributed by atoms with Gasteiger partial charge in [0, 0.05) is 0 Å². The summed E-state index contributed by atoms with van der Waals surface area (Å²) in [4.78, 5) is 28.5. The van der Waals surface area contributed by atoms with Crippen LogP contribution in [0.2, 0.25) is 0 Å². The number of anilines is 1. The molecule has 3 rings (SSSR count). The number of fused-ring (bicyclic) bond motifs is 2. The van der Waals surface area contributed by atoms with Crippen molar-refractivity contribution in [1.29, 1.82) is 0 Å². The number of aromatic nitrogens is 1. The molecule has 0 aliphatic rings. The first-order chi connectivity index (χ1) is 10.5. The third-order valence-corrected chi connectivity index (χ3v) is 3.34. The molecule has 0 saturated heterocycles. The van der Waals surface area contributed by atoms with E-state index < -0.39 is 5.97 Å². The van der Waals surface area contributed by atoms with Gasteiger partial charge in [-0.3, -0.25) is 4.79 Å². The van der Waals surface area contributed by atoms with Gasteiger partial charge in [0.1, 0.15) is 17.0 Å². The molecule has 2 N–H and O–H groups in total. The fraction of sp³-hybridized carbons (Fsp3) is 0.188. The number of nitrogens with two attached hydrogens (primary N) is 1. The predicted molar refractivity (Wildman–Crippen MR) is 82.9 cm³/mol. The molecule has 0 saturated carbocycles. The van der Waals surface area contributed by atoms with Gasteiger partial charge < -0.3 is 14.9 Å². The second-order valence-electron chi connectivity index (χ2n) is 4.93. The highest BCUT2D eigenvalue weighted by Gasteiger charge is 2.17. The average molecular weight is 298 g/mol. The topological polar surface area (TPSA) is 95.4 Å². The van der Waals surface area contributed by atoms with E-state index in [1.54, 1.807) is 19.1 Å². The van der Waals surface area contributed by atoms with Gasteiger partial charge in [0.2, 0.25) is 11.1 Å². The summed E-state index contributed by atoms with van der Waals surface area (Å²) in [6.45, 7) is 3.78. The Bertz CT molecular complexity index is 960. The normalized spacial score (nSPS) is 11.0. The maximum Gasteiger partial charge on any atom is 0.341 e. The van der Waals surface area contributed by atoms with Crippen LogP contribution in [0.1, 0.15) is 22.8 Å². The van der Waals surface area contributed by atoms with Crippen LogP contribution in [0.4, 0.5) is 5.82 Å². The molecule has 6 nitrogen and oxygen atoms in total. The summed E-state index contributed by atoms with van der Waals surface area (Å²) in [6, 6.07) is 6.67. The minimum Gasteiger partial charge on any atom is -0.462 e. The Morgan fingerprint density at radius 3 is 2.82 bits per heavy atom. The van der Waals surface area contributed by atoms with E-state index in [4.69, 9.17) is 14.9 Å². The van der Waals surface area contributed by atoms with Gasteiger partial charge >= 0.3 is 5.97 Å². The first-order valence-corrected chi connectivity index (χ1v) is 6.82. The number of esters is 1. The predicted octanol–water partition coefficient (Wildman–Crippen LogP) is 2.41. The first kappa shape index (κ1) is 14.1. The molecule has 0 bridgehead atoms. The van der Waals surface area contributed by atoms with E-state index in [2.05, 4.69) is 4.98 Å². The highest BCUT2D eigenvalue weighted by molar-refractivity contribution is 5.99. The third kappa shape index (κ3) is 2.18. The zero-order valence-corrected chi connectivity index (χ0v) is 12.2. The fourth-order valence-electron chi connectivity index (χ4n) is 2.28. The van der Waals surface area contributed by atoms with E-state index in [1.165, 1.54) is 6.07 Å². The average Bonchev–Trinajstić information content (AvgIpc) is 2.48. The summed E-state index contributed by atoms with van der Waals surface area (Å²) in [7, 11) is 0. The van der Waals surface area contributed by atoms with Crippen molar-refractivity contribution in [2.75, 3.05) is 12.3 Å². The van der Waals surface area contributed by atoms with Crippen LogP contribution in [0.15, 0.2) is 33.5 Å². The molecule has 0 aliphatic carbocycles. The number of nitrogens with zero attached hydrogens (tertiary/aromatic N) is 1. The van der Waals surface area contributed by atoms with Crippen molar-refractivity contribution in [2.45, 2.75) is 13.8 Å². The van der Waals surface area contributed by atoms with Gasteiger partial charge in [-0.2, -0.15) is 4.98 Å². The van der Waals surface area contributed by atoms with Crippen LogP contribution in [0.5, 0.6) is 0 Å². The molecule has 0 aliphatic heterocycles. The molecule has 0 atom stereocenters. The molecule has 22 heavy (non-hydrogen) atoms. The SMILES string of the molecule is CCOC(=O)c1cc2c(=O)c3cc(C)ccc3oc2nc1N. The maximum absolute atomic E-state index is 12.6. The van der Waals surface area contributed by atoms with Gasteiger partial charge in [-0.25, -0.2) is 4.79 Å². The van der Waals surface area contributed by atoms with Gasteiger partial charge in [-0.1, -0.05) is 11.6 Å². The zero-order valence-electron chi connectivity index (χ0n) is 12.2. The summed E-state index contributed by atoms with van der Waals surface area (Å²) in [5.74, 6) is -0.640. The van der Waals surface area contributed by atoms with E-state index in [0.717, 1.165) is 5.56 Å². The Kier molecular flexibility index (Phi) is 3.29. The smallest absolute Gasteiger partial charge is 0.341 e. The number of nitrogen functional groups attached to an aromatic ring is 1. The molecule has 1 aromatic carbocycles. The van der Waals surface area contributed by atoms with Gasteiger partial charge in [0.05, 0.1) is 17.4 Å². The van der Waals surface area contributed by atoms with E-state index in [0.29, 0.717) is 11.0 Å². The molecule has 6 heteroatoms. The summed E-state index contributed by atoms with van der Waals surface area (Å²) in [6.07, 6.45) is 0. The zero-order chi connectivity index (χ0) is 15.9. The van der Waals surface area contributed by atoms with Crippen LogP contribution in [0.25, 0.3) is 22.1 Å². The van der Waals surface area contributed by atoms with Crippen LogP contribution in [0, 0.1) is 6.92 Å². The van der Waals surface area contributed by atoms with Crippen molar-refractivity contribution < 1.29 is 13.9 Å². The Morgan fingerprint density at radius 2 is 2.09 bits per heavy atom. The maximum atomic E-state index is 12.6. The molecule has 0 spiro atoms. The Hall–Kier alpha value is -2.89. The van der Waals surface area contributed by atoms with Crippen LogP contribution >= 0.6 is 0 Å². The largest absolute Gasteiger partial charge is 0.462 e. The van der Waals surface area contributed by atoms with Crippen molar-refractivity contribution in [1.82, 2.24) is 4.98 Å². The molecule has 0 amide bonds. The number of aryl methyl sites for hydroxylation is 1. The summed E-state index contributed by atoms with van der Waals surface area (Å²) in [5, 5.41) is 0.643. The van der Waals surface area contributed by atoms with Gasteiger partial charge in [-0.15, -0.1) is 0 Å². The number of hydrogen-bond acceptors (Lipinski definition) is 6. The monoisotopic (exact) mass is 298 g/mol. The third-order valence-electron chi connectivity index (χ3n) is 3.34. The summed E-state index contributed by atoms with van der Waals surface area (Å²) in [5.41, 5.74) is 7.05. The minimum atomic E-state index is -0.613. The highest BCUT2D eigenvalue weighted by Crippen LogP contribution is 2.22. The van der Waals surface area contributed by atoms with Crippen molar-refractivity contribution >= 4 is 33.9 Å². The second-order valence-corrected chi connectivity index (χ2v) is 4.93. The molecular weight excluding hydrogens is 284 g/mol. The van der Waals surface area contributed by atoms with Crippen LogP contribution in [-0.2, 0) is 4.74 Å².